The highest BCUT2D eigenvalue weighted by Gasteiger charge is 2.12. The molecule has 0 unspecified atom stereocenters. The van der Waals surface area contributed by atoms with Gasteiger partial charge in [0.1, 0.15) is 0 Å². The van der Waals surface area contributed by atoms with Crippen molar-refractivity contribution in [3.8, 4) is 0 Å². The van der Waals surface area contributed by atoms with E-state index in [0.29, 0.717) is 0 Å². The van der Waals surface area contributed by atoms with E-state index in [0.717, 1.165) is 24.7 Å². The Bertz CT molecular complexity index is 248. The Morgan fingerprint density at radius 2 is 1.93 bits per heavy atom. The number of esters is 2. The van der Waals surface area contributed by atoms with E-state index in [4.69, 9.17) is 0 Å². The molecule has 0 atom stereocenters. The van der Waals surface area contributed by atoms with Gasteiger partial charge >= 0.3 is 11.9 Å². The van der Waals surface area contributed by atoms with Gasteiger partial charge in [-0.3, -0.25) is 0 Å². The minimum absolute atomic E-state index is 0.290. The van der Waals surface area contributed by atoms with E-state index in [1.54, 1.807) is 0 Å². The van der Waals surface area contributed by atoms with E-state index in [9.17, 15) is 9.59 Å². The van der Waals surface area contributed by atoms with E-state index < -0.39 is 11.9 Å². The summed E-state index contributed by atoms with van der Waals surface area (Å²) in [5.41, 5.74) is 0. The number of hydrogen-bond donors (Lipinski definition) is 0. The molecular formula is C10H16O4S. The maximum Gasteiger partial charge on any atom is 0.344 e. The molecule has 86 valence electrons. The summed E-state index contributed by atoms with van der Waals surface area (Å²) in [5.74, 6) is -0.255. The Morgan fingerprint density at radius 1 is 1.27 bits per heavy atom. The van der Waals surface area contributed by atoms with E-state index in [1.165, 1.54) is 26.0 Å². The lowest BCUT2D eigenvalue weighted by Gasteiger charge is -2.03. The van der Waals surface area contributed by atoms with Crippen LogP contribution in [0.1, 0.15) is 19.8 Å². The molecule has 0 aromatic carbocycles. The first-order chi connectivity index (χ1) is 7.15. The molecule has 15 heavy (non-hydrogen) atoms. The third-order valence-electron chi connectivity index (χ3n) is 1.59. The number of ether oxygens (including phenoxy) is 2. The zero-order chi connectivity index (χ0) is 11.7. The second-order valence-electron chi connectivity index (χ2n) is 2.73. The molecule has 0 saturated carbocycles. The number of carbonyl (C=O) groups is 2. The average Bonchev–Trinajstić information content (AvgIpc) is 2.26. The van der Waals surface area contributed by atoms with Crippen LogP contribution in [-0.2, 0) is 19.1 Å². The normalized spacial score (nSPS) is 11.0. The molecule has 0 aliphatic carbocycles. The molecule has 0 heterocycles. The Hall–Kier alpha value is -0.970. The van der Waals surface area contributed by atoms with Gasteiger partial charge in [-0.05, 0) is 12.2 Å². The van der Waals surface area contributed by atoms with Crippen molar-refractivity contribution in [2.45, 2.75) is 19.8 Å². The SMILES string of the molecule is CCCCS/C(=C/C(=O)OC)C(=O)OC. The lowest BCUT2D eigenvalue weighted by atomic mass is 10.4. The van der Waals surface area contributed by atoms with Gasteiger partial charge in [0.2, 0.25) is 0 Å². The van der Waals surface area contributed by atoms with Crippen LogP contribution in [0.5, 0.6) is 0 Å². The number of carbonyl (C=O) groups excluding carboxylic acids is 2. The van der Waals surface area contributed by atoms with Crippen LogP contribution in [0, 0.1) is 0 Å². The fourth-order valence-corrected chi connectivity index (χ4v) is 1.79. The van der Waals surface area contributed by atoms with Gasteiger partial charge in [-0.25, -0.2) is 9.59 Å². The fraction of sp³-hybridized carbons (Fsp3) is 0.600. The predicted octanol–water partition coefficient (Wildman–Crippen LogP) is 1.75. The minimum atomic E-state index is -0.542. The summed E-state index contributed by atoms with van der Waals surface area (Å²) in [4.78, 5) is 22.5. The van der Waals surface area contributed by atoms with Crippen LogP contribution in [0.15, 0.2) is 11.0 Å². The number of rotatable bonds is 6. The van der Waals surface area contributed by atoms with Gasteiger partial charge in [-0.15, -0.1) is 11.8 Å². The van der Waals surface area contributed by atoms with Crippen molar-refractivity contribution < 1.29 is 19.1 Å². The second kappa shape index (κ2) is 8.35. The standard InChI is InChI=1S/C10H16O4S/c1-4-5-6-15-8(10(12)14-3)7-9(11)13-2/h7H,4-6H2,1-3H3/b8-7+. The van der Waals surface area contributed by atoms with Crippen LogP contribution in [-0.4, -0.2) is 31.9 Å². The maximum atomic E-state index is 11.2. The lowest BCUT2D eigenvalue weighted by molar-refractivity contribution is -0.137. The van der Waals surface area contributed by atoms with Crippen LogP contribution in [0.3, 0.4) is 0 Å². The molecule has 0 spiro atoms. The zero-order valence-corrected chi connectivity index (χ0v) is 10.1. The van der Waals surface area contributed by atoms with Gasteiger partial charge < -0.3 is 9.47 Å². The molecule has 0 aromatic rings. The van der Waals surface area contributed by atoms with Gasteiger partial charge in [0, 0.05) is 6.08 Å². The first-order valence-electron chi connectivity index (χ1n) is 4.66. The van der Waals surface area contributed by atoms with Crippen LogP contribution in [0.2, 0.25) is 0 Å². The average molecular weight is 232 g/mol. The largest absolute Gasteiger partial charge is 0.466 e. The van der Waals surface area contributed by atoms with E-state index in [2.05, 4.69) is 16.4 Å². The summed E-state index contributed by atoms with van der Waals surface area (Å²) >= 11 is 1.31. The van der Waals surface area contributed by atoms with Gasteiger partial charge in [0.05, 0.1) is 19.1 Å². The summed E-state index contributed by atoms with van der Waals surface area (Å²) in [7, 11) is 2.55. The Morgan fingerprint density at radius 3 is 2.40 bits per heavy atom. The smallest absolute Gasteiger partial charge is 0.344 e. The van der Waals surface area contributed by atoms with Crippen LogP contribution in [0.4, 0.5) is 0 Å². The summed E-state index contributed by atoms with van der Waals surface area (Å²) in [6.07, 6.45) is 3.19. The Kier molecular flexibility index (Phi) is 7.81. The predicted molar refractivity (Wildman–Crippen MR) is 59.5 cm³/mol. The molecule has 0 radical (unpaired) electrons. The second-order valence-corrected chi connectivity index (χ2v) is 3.86. The van der Waals surface area contributed by atoms with Crippen molar-refractivity contribution >= 4 is 23.7 Å². The summed E-state index contributed by atoms with van der Waals surface area (Å²) in [5, 5.41) is 0. The summed E-state index contributed by atoms with van der Waals surface area (Å²) in [6, 6.07) is 0. The van der Waals surface area contributed by atoms with E-state index in [1.807, 2.05) is 0 Å². The highest BCUT2D eigenvalue weighted by atomic mass is 32.2. The molecule has 0 aliphatic rings. The summed E-state index contributed by atoms with van der Waals surface area (Å²) < 4.78 is 9.00. The van der Waals surface area contributed by atoms with Gasteiger partial charge in [0.25, 0.3) is 0 Å². The Labute approximate surface area is 94.0 Å². The van der Waals surface area contributed by atoms with Crippen molar-refractivity contribution in [1.82, 2.24) is 0 Å². The molecule has 0 aliphatic heterocycles. The number of methoxy groups -OCH3 is 2. The van der Waals surface area contributed by atoms with E-state index in [-0.39, 0.29) is 4.91 Å². The molecular weight excluding hydrogens is 216 g/mol. The molecule has 0 fully saturated rings. The topological polar surface area (TPSA) is 52.6 Å². The number of thioether (sulfide) groups is 1. The monoisotopic (exact) mass is 232 g/mol. The molecule has 0 N–H and O–H groups in total. The third kappa shape index (κ3) is 6.17. The minimum Gasteiger partial charge on any atom is -0.466 e. The fourth-order valence-electron chi connectivity index (χ4n) is 0.753. The number of unbranched alkanes of at least 4 members (excludes halogenated alkanes) is 1. The molecule has 0 bridgehead atoms. The van der Waals surface area contributed by atoms with Crippen LogP contribution < -0.4 is 0 Å². The lowest BCUT2D eigenvalue weighted by Crippen LogP contribution is -2.06. The van der Waals surface area contributed by atoms with Crippen molar-refractivity contribution in [2.24, 2.45) is 0 Å². The van der Waals surface area contributed by atoms with Gasteiger partial charge in [0.15, 0.2) is 0 Å². The first-order valence-corrected chi connectivity index (χ1v) is 5.65. The third-order valence-corrected chi connectivity index (χ3v) is 2.68. The van der Waals surface area contributed by atoms with Crippen molar-refractivity contribution in [2.75, 3.05) is 20.0 Å². The first kappa shape index (κ1) is 14.0. The molecule has 4 nitrogen and oxygen atoms in total. The highest BCUT2D eigenvalue weighted by molar-refractivity contribution is 8.04. The van der Waals surface area contributed by atoms with Gasteiger partial charge in [-0.1, -0.05) is 13.3 Å². The van der Waals surface area contributed by atoms with Gasteiger partial charge in [-0.2, -0.15) is 0 Å². The molecule has 5 heteroatoms. The van der Waals surface area contributed by atoms with Crippen molar-refractivity contribution in [1.29, 1.82) is 0 Å². The maximum absolute atomic E-state index is 11.2. The van der Waals surface area contributed by atoms with Crippen LogP contribution >= 0.6 is 11.8 Å². The van der Waals surface area contributed by atoms with Crippen LogP contribution in [0.25, 0.3) is 0 Å². The van der Waals surface area contributed by atoms with E-state index >= 15 is 0 Å². The molecule has 0 saturated heterocycles. The summed E-state index contributed by atoms with van der Waals surface area (Å²) in [6.45, 7) is 2.06. The molecule has 0 rings (SSSR count). The quantitative estimate of drug-likeness (QED) is 0.397. The number of hydrogen-bond acceptors (Lipinski definition) is 5. The van der Waals surface area contributed by atoms with Crippen molar-refractivity contribution in [3.05, 3.63) is 11.0 Å². The molecule has 0 aromatic heterocycles. The zero-order valence-electron chi connectivity index (χ0n) is 9.24. The molecule has 0 amide bonds. The van der Waals surface area contributed by atoms with Crippen molar-refractivity contribution in [3.63, 3.8) is 0 Å². The Balaban J connectivity index is 4.37. The highest BCUT2D eigenvalue weighted by Crippen LogP contribution is 2.18.